The summed E-state index contributed by atoms with van der Waals surface area (Å²) in [5.74, 6) is 0.132. The van der Waals surface area contributed by atoms with Crippen LogP contribution in [0, 0.1) is 5.92 Å². The van der Waals surface area contributed by atoms with E-state index in [-0.39, 0.29) is 24.3 Å². The number of carbonyl (C=O) groups excluding carboxylic acids is 2. The van der Waals surface area contributed by atoms with Crippen molar-refractivity contribution in [1.29, 1.82) is 0 Å². The minimum absolute atomic E-state index is 0.0525. The number of anilines is 1. The van der Waals surface area contributed by atoms with Crippen LogP contribution >= 0.6 is 0 Å². The first-order chi connectivity index (χ1) is 17.1. The molecule has 1 aliphatic rings. The molecule has 0 saturated heterocycles. The molecule has 184 valence electrons. The molecule has 0 radical (unpaired) electrons. The van der Waals surface area contributed by atoms with Crippen LogP contribution in [0.5, 0.6) is 5.75 Å². The molecule has 7 nitrogen and oxygen atoms in total. The molecule has 0 bridgehead atoms. The fourth-order valence-corrected chi connectivity index (χ4v) is 4.84. The van der Waals surface area contributed by atoms with Gasteiger partial charge in [0.15, 0.2) is 0 Å². The van der Waals surface area contributed by atoms with Gasteiger partial charge < -0.3 is 20.1 Å². The number of hydrogen-bond acceptors (Lipinski definition) is 5. The monoisotopic (exact) mass is 475 g/mol. The molecule has 0 aliphatic carbocycles. The molecule has 1 aliphatic heterocycles. The van der Waals surface area contributed by atoms with Gasteiger partial charge in [-0.15, -0.1) is 0 Å². The highest BCUT2D eigenvalue weighted by molar-refractivity contribution is 6.01. The first-order valence-corrected chi connectivity index (χ1v) is 12.3. The Bertz CT molecular complexity index is 1200. The van der Waals surface area contributed by atoms with Gasteiger partial charge in [-0.1, -0.05) is 43.3 Å². The Balaban J connectivity index is 1.69. The molecule has 4 rings (SSSR count). The molecule has 0 saturated carbocycles. The van der Waals surface area contributed by atoms with E-state index in [2.05, 4.69) is 10.3 Å². The predicted octanol–water partition coefficient (Wildman–Crippen LogP) is 4.01. The Kier molecular flexibility index (Phi) is 7.98. The van der Waals surface area contributed by atoms with Crippen molar-refractivity contribution in [3.63, 3.8) is 0 Å². The van der Waals surface area contributed by atoms with E-state index in [0.29, 0.717) is 44.4 Å². The first-order valence-electron chi connectivity index (χ1n) is 12.3. The van der Waals surface area contributed by atoms with Crippen LogP contribution in [0.3, 0.4) is 0 Å². The summed E-state index contributed by atoms with van der Waals surface area (Å²) in [7, 11) is 1.60. The van der Waals surface area contributed by atoms with Crippen molar-refractivity contribution in [3.8, 4) is 5.75 Å². The van der Waals surface area contributed by atoms with E-state index in [9.17, 15) is 14.7 Å². The van der Waals surface area contributed by atoms with Gasteiger partial charge in [0.1, 0.15) is 11.8 Å². The summed E-state index contributed by atoms with van der Waals surface area (Å²) in [5, 5.41) is 13.1. The van der Waals surface area contributed by atoms with Gasteiger partial charge >= 0.3 is 0 Å². The van der Waals surface area contributed by atoms with Gasteiger partial charge in [0, 0.05) is 29.2 Å². The molecule has 0 fully saturated rings. The lowest BCUT2D eigenvalue weighted by molar-refractivity contribution is -0.130. The number of nitrogens with one attached hydrogen (secondary N) is 1. The summed E-state index contributed by atoms with van der Waals surface area (Å²) in [4.78, 5) is 33.2. The first kappa shape index (κ1) is 24.7. The average Bonchev–Trinajstić information content (AvgIpc) is 3.01. The van der Waals surface area contributed by atoms with E-state index in [1.165, 1.54) is 0 Å². The number of pyridine rings is 1. The number of rotatable bonds is 9. The lowest BCUT2D eigenvalue weighted by Crippen LogP contribution is -2.49. The standard InChI is InChI=1S/C28H33N3O4/c1-3-19(10-8-16-32)27(33)30-24-15-14-20-9-4-7-13-25(20)31(28(24)34)18-22-21-11-5-6-12-23(21)29-17-26(22)35-2/h4-7,9,11-13,17,19,24,32H,3,8,10,14-16,18H2,1-2H3,(H,30,33)/t19-,24+/m1/s1. The zero-order valence-electron chi connectivity index (χ0n) is 20.4. The normalized spacial score (nSPS) is 16.5. The summed E-state index contributed by atoms with van der Waals surface area (Å²) in [6.45, 7) is 2.31. The number of carbonyl (C=O) groups is 2. The molecule has 0 spiro atoms. The van der Waals surface area contributed by atoms with Gasteiger partial charge in [0.2, 0.25) is 11.8 Å². The van der Waals surface area contributed by atoms with Crippen LogP contribution in [0.15, 0.2) is 54.7 Å². The summed E-state index contributed by atoms with van der Waals surface area (Å²) >= 11 is 0. The highest BCUT2D eigenvalue weighted by atomic mass is 16.5. The Morgan fingerprint density at radius 1 is 1.23 bits per heavy atom. The van der Waals surface area contributed by atoms with Crippen LogP contribution in [0.1, 0.15) is 43.7 Å². The van der Waals surface area contributed by atoms with Crippen molar-refractivity contribution >= 4 is 28.4 Å². The maximum atomic E-state index is 13.9. The number of ether oxygens (including phenoxy) is 1. The smallest absolute Gasteiger partial charge is 0.249 e. The molecular weight excluding hydrogens is 442 g/mol. The summed E-state index contributed by atoms with van der Waals surface area (Å²) in [6, 6.07) is 15.1. The lowest BCUT2D eigenvalue weighted by Gasteiger charge is -2.28. The molecule has 3 aromatic rings. The Labute approximate surface area is 206 Å². The number of aryl methyl sites for hydroxylation is 1. The molecule has 2 atom stereocenters. The average molecular weight is 476 g/mol. The molecule has 2 N–H and O–H groups in total. The third-order valence-corrected chi connectivity index (χ3v) is 6.82. The fraction of sp³-hybridized carbons (Fsp3) is 0.393. The molecule has 7 heteroatoms. The number of para-hydroxylation sites is 2. The van der Waals surface area contributed by atoms with Crippen LogP contribution in [-0.2, 0) is 22.6 Å². The SMILES string of the molecule is CC[C@H](CCCO)C(=O)N[C@H]1CCc2ccccc2N(Cc2c(OC)cnc3ccccc23)C1=O. The topological polar surface area (TPSA) is 91.8 Å². The van der Waals surface area contributed by atoms with E-state index in [1.54, 1.807) is 18.2 Å². The van der Waals surface area contributed by atoms with E-state index >= 15 is 0 Å². The zero-order valence-corrected chi connectivity index (χ0v) is 20.4. The van der Waals surface area contributed by atoms with Gasteiger partial charge in [-0.25, -0.2) is 0 Å². The molecule has 0 unspecified atom stereocenters. The van der Waals surface area contributed by atoms with Crippen molar-refractivity contribution in [1.82, 2.24) is 10.3 Å². The summed E-state index contributed by atoms with van der Waals surface area (Å²) < 4.78 is 5.63. The number of benzene rings is 2. The Hall–Kier alpha value is -3.45. The molecule has 2 amide bonds. The molecule has 35 heavy (non-hydrogen) atoms. The quantitative estimate of drug-likeness (QED) is 0.488. The predicted molar refractivity (Wildman–Crippen MR) is 136 cm³/mol. The summed E-state index contributed by atoms with van der Waals surface area (Å²) in [5.41, 5.74) is 3.63. The van der Waals surface area contributed by atoms with Crippen molar-refractivity contribution in [2.45, 2.75) is 51.6 Å². The fourth-order valence-electron chi connectivity index (χ4n) is 4.84. The van der Waals surface area contributed by atoms with Crippen LogP contribution in [-0.4, -0.2) is 41.7 Å². The highest BCUT2D eigenvalue weighted by Gasteiger charge is 2.33. The van der Waals surface area contributed by atoms with Gasteiger partial charge in [0.05, 0.1) is 25.4 Å². The molecule has 2 heterocycles. The number of aliphatic hydroxyl groups excluding tert-OH is 1. The number of amides is 2. The minimum atomic E-state index is -0.628. The molecule has 1 aromatic heterocycles. The Morgan fingerprint density at radius 3 is 2.77 bits per heavy atom. The zero-order chi connectivity index (χ0) is 24.8. The third-order valence-electron chi connectivity index (χ3n) is 6.82. The van der Waals surface area contributed by atoms with E-state index in [0.717, 1.165) is 27.7 Å². The summed E-state index contributed by atoms with van der Waals surface area (Å²) in [6.07, 6.45) is 4.74. The van der Waals surface area contributed by atoms with Crippen molar-refractivity contribution < 1.29 is 19.4 Å². The minimum Gasteiger partial charge on any atom is -0.495 e. The van der Waals surface area contributed by atoms with Crippen molar-refractivity contribution in [3.05, 3.63) is 65.9 Å². The van der Waals surface area contributed by atoms with Gasteiger partial charge in [-0.2, -0.15) is 0 Å². The number of nitrogens with zero attached hydrogens (tertiary/aromatic N) is 2. The third kappa shape index (κ3) is 5.30. The second-order valence-corrected chi connectivity index (χ2v) is 8.95. The maximum absolute atomic E-state index is 13.9. The van der Waals surface area contributed by atoms with E-state index in [4.69, 9.17) is 4.74 Å². The maximum Gasteiger partial charge on any atom is 0.249 e. The van der Waals surface area contributed by atoms with Crippen molar-refractivity contribution in [2.24, 2.45) is 5.92 Å². The van der Waals surface area contributed by atoms with E-state index in [1.807, 2.05) is 55.5 Å². The number of fused-ring (bicyclic) bond motifs is 2. The molecular formula is C28H33N3O4. The van der Waals surface area contributed by atoms with Crippen LogP contribution in [0.25, 0.3) is 10.9 Å². The van der Waals surface area contributed by atoms with Gasteiger partial charge in [-0.05, 0) is 49.8 Å². The second kappa shape index (κ2) is 11.3. The van der Waals surface area contributed by atoms with Crippen LogP contribution < -0.4 is 15.0 Å². The van der Waals surface area contributed by atoms with E-state index < -0.39 is 6.04 Å². The Morgan fingerprint density at radius 2 is 2.00 bits per heavy atom. The number of aliphatic hydroxyl groups is 1. The van der Waals surface area contributed by atoms with Crippen LogP contribution in [0.4, 0.5) is 5.69 Å². The van der Waals surface area contributed by atoms with Gasteiger partial charge in [0.25, 0.3) is 0 Å². The second-order valence-electron chi connectivity index (χ2n) is 8.95. The molecule has 2 aromatic carbocycles. The number of methoxy groups -OCH3 is 1. The lowest BCUT2D eigenvalue weighted by atomic mass is 9.98. The number of aromatic nitrogens is 1. The largest absolute Gasteiger partial charge is 0.495 e. The van der Waals surface area contributed by atoms with Gasteiger partial charge in [-0.3, -0.25) is 14.6 Å². The van der Waals surface area contributed by atoms with Crippen LogP contribution in [0.2, 0.25) is 0 Å². The number of hydrogen-bond donors (Lipinski definition) is 2. The highest BCUT2D eigenvalue weighted by Crippen LogP contribution is 2.33. The van der Waals surface area contributed by atoms with Crippen molar-refractivity contribution in [2.75, 3.05) is 18.6 Å².